The summed E-state index contributed by atoms with van der Waals surface area (Å²) in [6.07, 6.45) is 0. The molecule has 23 heavy (non-hydrogen) atoms. The van der Waals surface area contributed by atoms with Crippen molar-refractivity contribution in [2.75, 3.05) is 59.1 Å². The zero-order valence-corrected chi connectivity index (χ0v) is 13.9. The Hall–Kier alpha value is -1.63. The van der Waals surface area contributed by atoms with Gasteiger partial charge in [-0.15, -0.1) is 0 Å². The van der Waals surface area contributed by atoms with Crippen molar-refractivity contribution in [2.45, 2.75) is 6.92 Å². The number of primary amides is 1. The molecule has 1 fully saturated rings. The van der Waals surface area contributed by atoms with E-state index in [1.165, 1.54) is 5.56 Å². The molecule has 128 valence electrons. The predicted molar refractivity (Wildman–Crippen MR) is 89.6 cm³/mol. The number of hydrogen-bond donors (Lipinski definition) is 1. The molecule has 1 aliphatic heterocycles. The molecular weight excluding hydrogens is 294 g/mol. The van der Waals surface area contributed by atoms with E-state index < -0.39 is 0 Å². The van der Waals surface area contributed by atoms with E-state index in [1.807, 2.05) is 24.3 Å². The summed E-state index contributed by atoms with van der Waals surface area (Å²) < 4.78 is 11.2. The van der Waals surface area contributed by atoms with Gasteiger partial charge in [-0.3, -0.25) is 14.6 Å². The summed E-state index contributed by atoms with van der Waals surface area (Å²) in [4.78, 5) is 15.3. The van der Waals surface area contributed by atoms with Crippen molar-refractivity contribution >= 4 is 5.91 Å². The van der Waals surface area contributed by atoms with Crippen molar-refractivity contribution in [1.29, 1.82) is 0 Å². The molecule has 2 rings (SSSR count). The molecule has 1 amide bonds. The summed E-state index contributed by atoms with van der Waals surface area (Å²) in [6, 6.07) is 8.02. The minimum Gasteiger partial charge on any atom is -0.491 e. The second kappa shape index (κ2) is 9.50. The molecule has 1 heterocycles. The third kappa shape index (κ3) is 6.99. The van der Waals surface area contributed by atoms with Gasteiger partial charge in [-0.1, -0.05) is 17.7 Å². The van der Waals surface area contributed by atoms with E-state index in [0.717, 1.165) is 38.5 Å². The zero-order chi connectivity index (χ0) is 16.5. The third-order valence-electron chi connectivity index (χ3n) is 3.91. The zero-order valence-electron chi connectivity index (χ0n) is 13.9. The Morgan fingerprint density at radius 2 is 1.70 bits per heavy atom. The lowest BCUT2D eigenvalue weighted by atomic mass is 10.2. The van der Waals surface area contributed by atoms with Crippen molar-refractivity contribution in [3.05, 3.63) is 29.8 Å². The monoisotopic (exact) mass is 321 g/mol. The molecule has 0 atom stereocenters. The number of nitrogens with two attached hydrogens (primary N) is 1. The van der Waals surface area contributed by atoms with Crippen LogP contribution in [0.4, 0.5) is 0 Å². The van der Waals surface area contributed by atoms with E-state index in [0.29, 0.717) is 26.4 Å². The van der Waals surface area contributed by atoms with Crippen molar-refractivity contribution in [1.82, 2.24) is 9.80 Å². The van der Waals surface area contributed by atoms with Gasteiger partial charge >= 0.3 is 0 Å². The average molecular weight is 321 g/mol. The van der Waals surface area contributed by atoms with Crippen LogP contribution in [0.3, 0.4) is 0 Å². The first-order valence-corrected chi connectivity index (χ1v) is 8.14. The van der Waals surface area contributed by atoms with Crippen molar-refractivity contribution < 1.29 is 14.3 Å². The van der Waals surface area contributed by atoms with Crippen LogP contribution in [0.1, 0.15) is 5.56 Å². The molecule has 1 aliphatic rings. The van der Waals surface area contributed by atoms with Gasteiger partial charge in [0.2, 0.25) is 5.91 Å². The summed E-state index contributed by atoms with van der Waals surface area (Å²) in [7, 11) is 0. The fraction of sp³-hybridized carbons (Fsp3) is 0.588. The standard InChI is InChI=1S/C17H27N3O3/c1-15-2-4-16(5-3-15)23-13-12-22-11-10-19-6-8-20(9-7-19)14-17(18)21/h2-5H,6-14H2,1H3,(H2,18,21). The van der Waals surface area contributed by atoms with Gasteiger partial charge in [0.15, 0.2) is 0 Å². The van der Waals surface area contributed by atoms with E-state index in [9.17, 15) is 4.79 Å². The van der Waals surface area contributed by atoms with E-state index in [2.05, 4.69) is 16.7 Å². The van der Waals surface area contributed by atoms with Crippen LogP contribution in [-0.2, 0) is 9.53 Å². The number of rotatable bonds is 9. The Morgan fingerprint density at radius 3 is 2.35 bits per heavy atom. The normalized spacial score (nSPS) is 16.4. The highest BCUT2D eigenvalue weighted by molar-refractivity contribution is 5.75. The molecule has 0 saturated carbocycles. The van der Waals surface area contributed by atoms with E-state index >= 15 is 0 Å². The minimum absolute atomic E-state index is 0.254. The topological polar surface area (TPSA) is 68.0 Å². The Morgan fingerprint density at radius 1 is 1.04 bits per heavy atom. The van der Waals surface area contributed by atoms with Gasteiger partial charge in [0.1, 0.15) is 12.4 Å². The lowest BCUT2D eigenvalue weighted by molar-refractivity contribution is -0.119. The maximum absolute atomic E-state index is 10.9. The quantitative estimate of drug-likeness (QED) is 0.671. The Kier molecular flexibility index (Phi) is 7.32. The summed E-state index contributed by atoms with van der Waals surface area (Å²) in [5.41, 5.74) is 6.43. The molecule has 2 N–H and O–H groups in total. The highest BCUT2D eigenvalue weighted by atomic mass is 16.5. The number of hydrogen-bond acceptors (Lipinski definition) is 5. The van der Waals surface area contributed by atoms with Crippen LogP contribution in [0.2, 0.25) is 0 Å². The van der Waals surface area contributed by atoms with Crippen LogP contribution < -0.4 is 10.5 Å². The number of carbonyl (C=O) groups is 1. The lowest BCUT2D eigenvalue weighted by Crippen LogP contribution is -2.49. The van der Waals surface area contributed by atoms with Crippen LogP contribution >= 0.6 is 0 Å². The summed E-state index contributed by atoms with van der Waals surface area (Å²) in [6.45, 7) is 8.88. The fourth-order valence-electron chi connectivity index (χ4n) is 2.54. The largest absolute Gasteiger partial charge is 0.491 e. The Balaban J connectivity index is 1.48. The number of aryl methyl sites for hydroxylation is 1. The molecule has 0 aliphatic carbocycles. The molecule has 0 bridgehead atoms. The van der Waals surface area contributed by atoms with Gasteiger partial charge in [0.25, 0.3) is 0 Å². The second-order valence-electron chi connectivity index (χ2n) is 5.86. The summed E-state index contributed by atoms with van der Waals surface area (Å²) >= 11 is 0. The second-order valence-corrected chi connectivity index (χ2v) is 5.86. The molecule has 0 radical (unpaired) electrons. The fourth-order valence-corrected chi connectivity index (χ4v) is 2.54. The lowest BCUT2D eigenvalue weighted by Gasteiger charge is -2.33. The molecule has 1 saturated heterocycles. The highest BCUT2D eigenvalue weighted by Crippen LogP contribution is 2.10. The SMILES string of the molecule is Cc1ccc(OCCOCCN2CCN(CC(N)=O)CC2)cc1. The molecular formula is C17H27N3O3. The number of piperazine rings is 1. The van der Waals surface area contributed by atoms with Crippen LogP contribution in [0.5, 0.6) is 5.75 Å². The van der Waals surface area contributed by atoms with Crippen LogP contribution in [0, 0.1) is 6.92 Å². The van der Waals surface area contributed by atoms with Gasteiger partial charge in [-0.25, -0.2) is 0 Å². The van der Waals surface area contributed by atoms with Gasteiger partial charge in [0.05, 0.1) is 19.8 Å². The number of benzene rings is 1. The number of nitrogens with zero attached hydrogens (tertiary/aromatic N) is 2. The number of carbonyl (C=O) groups excluding carboxylic acids is 1. The van der Waals surface area contributed by atoms with E-state index in [1.54, 1.807) is 0 Å². The van der Waals surface area contributed by atoms with Crippen LogP contribution in [-0.4, -0.2) is 74.8 Å². The van der Waals surface area contributed by atoms with Crippen LogP contribution in [0.25, 0.3) is 0 Å². The number of ether oxygens (including phenoxy) is 2. The highest BCUT2D eigenvalue weighted by Gasteiger charge is 2.17. The summed E-state index contributed by atoms with van der Waals surface area (Å²) in [5, 5.41) is 0. The maximum atomic E-state index is 10.9. The van der Waals surface area contributed by atoms with Crippen molar-refractivity contribution in [2.24, 2.45) is 5.73 Å². The smallest absolute Gasteiger partial charge is 0.231 e. The molecule has 0 aromatic heterocycles. The molecule has 1 aromatic rings. The summed E-state index contributed by atoms with van der Waals surface area (Å²) in [5.74, 6) is 0.625. The Labute approximate surface area is 138 Å². The molecule has 0 spiro atoms. The van der Waals surface area contributed by atoms with E-state index in [4.69, 9.17) is 15.2 Å². The van der Waals surface area contributed by atoms with Gasteiger partial charge in [-0.05, 0) is 19.1 Å². The minimum atomic E-state index is -0.254. The van der Waals surface area contributed by atoms with Crippen LogP contribution in [0.15, 0.2) is 24.3 Å². The predicted octanol–water partition coefficient (Wildman–Crippen LogP) is 0.493. The first-order valence-electron chi connectivity index (χ1n) is 8.14. The van der Waals surface area contributed by atoms with E-state index in [-0.39, 0.29) is 5.91 Å². The van der Waals surface area contributed by atoms with Gasteiger partial charge in [0, 0.05) is 32.7 Å². The molecule has 6 heteroatoms. The molecule has 6 nitrogen and oxygen atoms in total. The molecule has 1 aromatic carbocycles. The van der Waals surface area contributed by atoms with Crippen molar-refractivity contribution in [3.63, 3.8) is 0 Å². The maximum Gasteiger partial charge on any atom is 0.231 e. The Bertz CT molecular complexity index is 470. The van der Waals surface area contributed by atoms with Gasteiger partial charge in [-0.2, -0.15) is 0 Å². The first kappa shape index (κ1) is 17.7. The third-order valence-corrected chi connectivity index (χ3v) is 3.91. The molecule has 0 unspecified atom stereocenters. The van der Waals surface area contributed by atoms with Gasteiger partial charge < -0.3 is 15.2 Å². The first-order chi connectivity index (χ1) is 11.1. The van der Waals surface area contributed by atoms with Crippen molar-refractivity contribution in [3.8, 4) is 5.75 Å². The number of amides is 1. The average Bonchev–Trinajstić information content (AvgIpc) is 2.53.